The minimum absolute atomic E-state index is 0.161. The predicted octanol–water partition coefficient (Wildman–Crippen LogP) is 3.58. The third kappa shape index (κ3) is 2.46. The third-order valence-corrected chi connectivity index (χ3v) is 5.73. The fraction of sp³-hybridized carbons (Fsp3) is 0.800. The lowest BCUT2D eigenvalue weighted by atomic mass is 9.67. The van der Waals surface area contributed by atoms with E-state index in [1.165, 1.54) is 25.0 Å². The molecule has 1 saturated carbocycles. The van der Waals surface area contributed by atoms with Crippen LogP contribution >= 0.6 is 11.3 Å². The summed E-state index contributed by atoms with van der Waals surface area (Å²) in [6, 6.07) is 0. The molecule has 0 amide bonds. The van der Waals surface area contributed by atoms with Crippen molar-refractivity contribution >= 4 is 11.3 Å². The number of nitrogens with zero attached hydrogens (tertiary/aromatic N) is 1. The standard InChI is InChI=1S/C15H26N2OS/c1-4-15(5-2,18-6-3)13-17-12(10-19-13)14(11-16)8-7-9-14/h10H,4-9,11,16H2,1-3H3. The highest BCUT2D eigenvalue weighted by Crippen LogP contribution is 2.45. The molecule has 0 aliphatic heterocycles. The summed E-state index contributed by atoms with van der Waals surface area (Å²) in [5.41, 5.74) is 7.14. The number of rotatable bonds is 7. The van der Waals surface area contributed by atoms with E-state index < -0.39 is 0 Å². The van der Waals surface area contributed by atoms with Crippen LogP contribution < -0.4 is 5.73 Å². The van der Waals surface area contributed by atoms with Crippen molar-refractivity contribution in [2.45, 2.75) is 63.9 Å². The molecule has 1 aromatic heterocycles. The number of ether oxygens (including phenoxy) is 1. The van der Waals surface area contributed by atoms with Crippen LogP contribution in [0.5, 0.6) is 0 Å². The van der Waals surface area contributed by atoms with E-state index in [0.717, 1.165) is 31.0 Å². The largest absolute Gasteiger partial charge is 0.368 e. The summed E-state index contributed by atoms with van der Waals surface area (Å²) in [5, 5.41) is 3.34. The second-order valence-corrected chi connectivity index (χ2v) is 6.37. The molecule has 1 aliphatic carbocycles. The highest BCUT2D eigenvalue weighted by atomic mass is 32.1. The van der Waals surface area contributed by atoms with E-state index in [1.807, 2.05) is 0 Å². The Morgan fingerprint density at radius 2 is 2.05 bits per heavy atom. The second kappa shape index (κ2) is 5.90. The van der Waals surface area contributed by atoms with E-state index in [4.69, 9.17) is 15.5 Å². The van der Waals surface area contributed by atoms with Gasteiger partial charge in [0.15, 0.2) is 0 Å². The van der Waals surface area contributed by atoms with Crippen molar-refractivity contribution in [2.75, 3.05) is 13.2 Å². The molecule has 0 spiro atoms. The van der Waals surface area contributed by atoms with E-state index in [-0.39, 0.29) is 11.0 Å². The molecule has 0 aromatic carbocycles. The van der Waals surface area contributed by atoms with E-state index in [9.17, 15) is 0 Å². The molecule has 1 aromatic rings. The molecule has 0 radical (unpaired) electrons. The SMILES string of the molecule is CCOC(CC)(CC)c1nc(C2(CN)CCC2)cs1. The lowest BCUT2D eigenvalue weighted by Gasteiger charge is -2.39. The Morgan fingerprint density at radius 3 is 2.47 bits per heavy atom. The molecule has 3 nitrogen and oxygen atoms in total. The lowest BCUT2D eigenvalue weighted by molar-refractivity contribution is -0.0508. The van der Waals surface area contributed by atoms with Gasteiger partial charge < -0.3 is 10.5 Å². The van der Waals surface area contributed by atoms with Crippen LogP contribution in [-0.2, 0) is 15.8 Å². The van der Waals surface area contributed by atoms with Gasteiger partial charge in [0.1, 0.15) is 10.6 Å². The van der Waals surface area contributed by atoms with Crippen LogP contribution in [0.1, 0.15) is 63.6 Å². The molecule has 108 valence electrons. The van der Waals surface area contributed by atoms with Crippen molar-refractivity contribution in [3.8, 4) is 0 Å². The van der Waals surface area contributed by atoms with Gasteiger partial charge in [-0.15, -0.1) is 11.3 Å². The molecule has 1 aliphatic rings. The molecule has 4 heteroatoms. The Balaban J connectivity index is 2.28. The summed E-state index contributed by atoms with van der Waals surface area (Å²) in [6.07, 6.45) is 5.60. The molecule has 1 fully saturated rings. The minimum Gasteiger partial charge on any atom is -0.368 e. The van der Waals surface area contributed by atoms with Gasteiger partial charge in [-0.1, -0.05) is 20.3 Å². The first kappa shape index (κ1) is 14.9. The zero-order valence-electron chi connectivity index (χ0n) is 12.4. The molecule has 0 unspecified atom stereocenters. The van der Waals surface area contributed by atoms with E-state index >= 15 is 0 Å². The summed E-state index contributed by atoms with van der Waals surface area (Å²) < 4.78 is 6.04. The highest BCUT2D eigenvalue weighted by molar-refractivity contribution is 7.09. The van der Waals surface area contributed by atoms with Crippen molar-refractivity contribution in [3.05, 3.63) is 16.1 Å². The molecule has 2 N–H and O–H groups in total. The molecule has 1 heterocycles. The van der Waals surface area contributed by atoms with Gasteiger partial charge in [0, 0.05) is 23.9 Å². The smallest absolute Gasteiger partial charge is 0.125 e. The van der Waals surface area contributed by atoms with Crippen LogP contribution in [0.3, 0.4) is 0 Å². The van der Waals surface area contributed by atoms with Crippen LogP contribution in [0.4, 0.5) is 0 Å². The van der Waals surface area contributed by atoms with E-state index in [0.29, 0.717) is 0 Å². The quantitative estimate of drug-likeness (QED) is 0.831. The van der Waals surface area contributed by atoms with Crippen molar-refractivity contribution in [2.24, 2.45) is 5.73 Å². The van der Waals surface area contributed by atoms with Gasteiger partial charge in [0.05, 0.1) is 5.69 Å². The Morgan fingerprint density at radius 1 is 1.37 bits per heavy atom. The van der Waals surface area contributed by atoms with Crippen molar-refractivity contribution in [3.63, 3.8) is 0 Å². The number of aromatic nitrogens is 1. The van der Waals surface area contributed by atoms with Gasteiger partial charge in [-0.05, 0) is 32.6 Å². The van der Waals surface area contributed by atoms with Gasteiger partial charge in [-0.2, -0.15) is 0 Å². The average molecular weight is 282 g/mol. The molecule has 2 rings (SSSR count). The molecule has 0 saturated heterocycles. The van der Waals surface area contributed by atoms with Crippen LogP contribution in [0.15, 0.2) is 5.38 Å². The highest BCUT2D eigenvalue weighted by Gasteiger charge is 2.41. The predicted molar refractivity (Wildman–Crippen MR) is 80.6 cm³/mol. The first-order valence-corrected chi connectivity index (χ1v) is 8.35. The first-order chi connectivity index (χ1) is 9.16. The monoisotopic (exact) mass is 282 g/mol. The molecular weight excluding hydrogens is 256 g/mol. The molecule has 0 bridgehead atoms. The van der Waals surface area contributed by atoms with Crippen LogP contribution in [0, 0.1) is 0 Å². The van der Waals surface area contributed by atoms with Crippen LogP contribution in [0.25, 0.3) is 0 Å². The third-order valence-electron chi connectivity index (χ3n) is 4.70. The molecular formula is C15H26N2OS. The van der Waals surface area contributed by atoms with Crippen molar-refractivity contribution in [1.29, 1.82) is 0 Å². The normalized spacial score (nSPS) is 18.3. The number of hydrogen-bond acceptors (Lipinski definition) is 4. The first-order valence-electron chi connectivity index (χ1n) is 7.47. The Bertz CT molecular complexity index is 403. The maximum atomic E-state index is 6.04. The van der Waals surface area contributed by atoms with Gasteiger partial charge >= 0.3 is 0 Å². The summed E-state index contributed by atoms with van der Waals surface area (Å²) >= 11 is 1.75. The number of thiazole rings is 1. The maximum absolute atomic E-state index is 6.04. The number of nitrogens with two attached hydrogens (primary N) is 1. The summed E-state index contributed by atoms with van der Waals surface area (Å²) in [7, 11) is 0. The average Bonchev–Trinajstić information content (AvgIpc) is 2.86. The molecule has 0 atom stereocenters. The lowest BCUT2D eigenvalue weighted by Crippen LogP contribution is -2.42. The maximum Gasteiger partial charge on any atom is 0.125 e. The minimum atomic E-state index is -0.197. The Kier molecular flexibility index (Phi) is 4.64. The Labute approximate surface area is 120 Å². The number of hydrogen-bond donors (Lipinski definition) is 1. The molecule has 19 heavy (non-hydrogen) atoms. The van der Waals surface area contributed by atoms with E-state index in [2.05, 4.69) is 26.2 Å². The fourth-order valence-electron chi connectivity index (χ4n) is 2.99. The fourth-order valence-corrected chi connectivity index (χ4v) is 4.23. The van der Waals surface area contributed by atoms with Crippen LogP contribution in [0.2, 0.25) is 0 Å². The van der Waals surface area contributed by atoms with Crippen molar-refractivity contribution in [1.82, 2.24) is 4.98 Å². The topological polar surface area (TPSA) is 48.1 Å². The van der Waals surface area contributed by atoms with Crippen LogP contribution in [-0.4, -0.2) is 18.1 Å². The van der Waals surface area contributed by atoms with E-state index in [1.54, 1.807) is 11.3 Å². The van der Waals surface area contributed by atoms with Gasteiger partial charge in [-0.25, -0.2) is 4.98 Å². The van der Waals surface area contributed by atoms with Gasteiger partial charge in [0.2, 0.25) is 0 Å². The zero-order valence-corrected chi connectivity index (χ0v) is 13.2. The Hall–Kier alpha value is -0.450. The van der Waals surface area contributed by atoms with Crippen molar-refractivity contribution < 1.29 is 4.74 Å². The van der Waals surface area contributed by atoms with Gasteiger partial charge in [0.25, 0.3) is 0 Å². The summed E-state index contributed by atoms with van der Waals surface area (Å²) in [5.74, 6) is 0. The van der Waals surface area contributed by atoms with Gasteiger partial charge in [-0.3, -0.25) is 0 Å². The second-order valence-electron chi connectivity index (χ2n) is 5.51. The summed E-state index contributed by atoms with van der Waals surface area (Å²) in [6.45, 7) is 7.88. The zero-order chi connectivity index (χ0) is 13.9. The summed E-state index contributed by atoms with van der Waals surface area (Å²) in [4.78, 5) is 4.92.